The van der Waals surface area contributed by atoms with Crippen LogP contribution in [0.15, 0.2) is 21.9 Å². The highest BCUT2D eigenvalue weighted by Gasteiger charge is 2.80. The third-order valence-corrected chi connectivity index (χ3v) is 4.75. The van der Waals surface area contributed by atoms with E-state index in [-0.39, 0.29) is 0 Å². The number of carbonyl (C=O) groups is 3. The van der Waals surface area contributed by atoms with E-state index in [1.165, 1.54) is 0 Å². The number of aliphatic hydroxyl groups is 3. The van der Waals surface area contributed by atoms with Crippen LogP contribution >= 0.6 is 0 Å². The first-order valence-electron chi connectivity index (χ1n) is 7.48. The number of aromatic nitrogens is 2. The van der Waals surface area contributed by atoms with Crippen LogP contribution in [0, 0.1) is 0 Å². The van der Waals surface area contributed by atoms with E-state index in [0.717, 1.165) is 33.0 Å². The number of nitrogens with one attached hydrogen (secondary N) is 1. The molecule has 0 aromatic carbocycles. The van der Waals surface area contributed by atoms with Gasteiger partial charge in [-0.2, -0.15) is 0 Å². The summed E-state index contributed by atoms with van der Waals surface area (Å²) in [5.74, 6) is -3.49. The standard InChI is InChI=1S/C15H18N2O9/c1-7(19)13(6-18)15(25,9(3)21)14(24,8(2)20)11(26-13)17-5-4-10(22)16-12(17)23/h4-5,11,18,24-25H,6H2,1-3H3,(H,16,22,23)/t11-,13+,14+,15-/m1/s1. The monoisotopic (exact) mass is 370 g/mol. The van der Waals surface area contributed by atoms with Crippen LogP contribution in [0.3, 0.4) is 0 Å². The molecule has 0 unspecified atom stereocenters. The van der Waals surface area contributed by atoms with Crippen LogP contribution in [0.4, 0.5) is 0 Å². The lowest BCUT2D eigenvalue weighted by atomic mass is 9.67. The zero-order valence-electron chi connectivity index (χ0n) is 14.2. The molecular formula is C15H18N2O9. The maximum atomic E-state index is 12.3. The van der Waals surface area contributed by atoms with Crippen molar-refractivity contribution < 1.29 is 34.4 Å². The minimum Gasteiger partial charge on any atom is -0.393 e. The second-order valence-electron chi connectivity index (χ2n) is 6.12. The fourth-order valence-electron chi connectivity index (χ4n) is 3.30. The van der Waals surface area contributed by atoms with E-state index in [1.54, 1.807) is 0 Å². The van der Waals surface area contributed by atoms with Gasteiger partial charge in [0.05, 0.1) is 6.61 Å². The first kappa shape index (κ1) is 19.8. The van der Waals surface area contributed by atoms with E-state index in [9.17, 15) is 39.3 Å². The van der Waals surface area contributed by atoms with E-state index in [1.807, 2.05) is 4.98 Å². The van der Waals surface area contributed by atoms with Crippen molar-refractivity contribution in [2.75, 3.05) is 6.61 Å². The Balaban J connectivity index is 2.93. The van der Waals surface area contributed by atoms with Gasteiger partial charge >= 0.3 is 5.69 Å². The van der Waals surface area contributed by atoms with Crippen LogP contribution in [-0.4, -0.2) is 65.6 Å². The topological polar surface area (TPSA) is 176 Å². The molecule has 1 saturated heterocycles. The van der Waals surface area contributed by atoms with Gasteiger partial charge in [0.1, 0.15) is 0 Å². The van der Waals surface area contributed by atoms with Gasteiger partial charge in [-0.05, 0) is 20.8 Å². The van der Waals surface area contributed by atoms with Crippen molar-refractivity contribution in [3.63, 3.8) is 0 Å². The fourth-order valence-corrected chi connectivity index (χ4v) is 3.30. The summed E-state index contributed by atoms with van der Waals surface area (Å²) in [6.45, 7) is 1.22. The molecule has 26 heavy (non-hydrogen) atoms. The van der Waals surface area contributed by atoms with Crippen LogP contribution in [0.5, 0.6) is 0 Å². The number of aliphatic hydroxyl groups excluding tert-OH is 1. The highest BCUT2D eigenvalue weighted by atomic mass is 16.6. The lowest BCUT2D eigenvalue weighted by molar-refractivity contribution is -0.195. The molecule has 142 valence electrons. The van der Waals surface area contributed by atoms with Gasteiger partial charge in [0.2, 0.25) is 11.2 Å². The molecule has 0 amide bonds. The Morgan fingerprint density at radius 2 is 1.73 bits per heavy atom. The largest absolute Gasteiger partial charge is 0.393 e. The summed E-state index contributed by atoms with van der Waals surface area (Å²) >= 11 is 0. The van der Waals surface area contributed by atoms with Crippen molar-refractivity contribution in [2.45, 2.75) is 43.8 Å². The highest BCUT2D eigenvalue weighted by Crippen LogP contribution is 2.52. The molecule has 4 atom stereocenters. The summed E-state index contributed by atoms with van der Waals surface area (Å²) in [7, 11) is 0. The zero-order valence-corrected chi connectivity index (χ0v) is 14.2. The number of ketones is 3. The average molecular weight is 370 g/mol. The van der Waals surface area contributed by atoms with Crippen molar-refractivity contribution in [1.82, 2.24) is 9.55 Å². The average Bonchev–Trinajstić information content (AvgIpc) is 2.76. The van der Waals surface area contributed by atoms with Gasteiger partial charge in [-0.25, -0.2) is 4.79 Å². The van der Waals surface area contributed by atoms with Crippen molar-refractivity contribution in [3.8, 4) is 0 Å². The Morgan fingerprint density at radius 3 is 2.12 bits per heavy atom. The smallest absolute Gasteiger partial charge is 0.330 e. The number of hydrogen-bond acceptors (Lipinski definition) is 9. The lowest BCUT2D eigenvalue weighted by Crippen LogP contribution is -2.72. The molecule has 11 heteroatoms. The molecule has 1 aromatic rings. The molecule has 11 nitrogen and oxygen atoms in total. The van der Waals surface area contributed by atoms with Crippen LogP contribution in [0.25, 0.3) is 0 Å². The van der Waals surface area contributed by atoms with Crippen LogP contribution in [0.1, 0.15) is 27.0 Å². The van der Waals surface area contributed by atoms with Gasteiger partial charge in [-0.15, -0.1) is 0 Å². The number of Topliss-reactive ketones (excluding diaryl/α,β-unsaturated/α-hetero) is 3. The Morgan fingerprint density at radius 1 is 1.15 bits per heavy atom. The molecule has 0 radical (unpaired) electrons. The number of carbonyl (C=O) groups excluding carboxylic acids is 3. The molecule has 1 aromatic heterocycles. The van der Waals surface area contributed by atoms with Crippen molar-refractivity contribution in [2.24, 2.45) is 0 Å². The van der Waals surface area contributed by atoms with Gasteiger partial charge < -0.3 is 20.1 Å². The number of ether oxygens (including phenoxy) is 1. The van der Waals surface area contributed by atoms with Crippen LogP contribution < -0.4 is 11.2 Å². The third kappa shape index (κ3) is 2.18. The lowest BCUT2D eigenvalue weighted by Gasteiger charge is -2.41. The molecule has 0 bridgehead atoms. The van der Waals surface area contributed by atoms with Crippen molar-refractivity contribution in [1.29, 1.82) is 0 Å². The predicted molar refractivity (Wildman–Crippen MR) is 83.2 cm³/mol. The van der Waals surface area contributed by atoms with Gasteiger partial charge in [0, 0.05) is 12.3 Å². The normalized spacial score (nSPS) is 33.8. The van der Waals surface area contributed by atoms with Crippen molar-refractivity contribution >= 4 is 17.3 Å². The number of nitrogens with zero attached hydrogens (tertiary/aromatic N) is 1. The molecule has 2 heterocycles. The summed E-state index contributed by atoms with van der Waals surface area (Å²) in [5, 5.41) is 31.8. The maximum Gasteiger partial charge on any atom is 0.330 e. The molecule has 0 spiro atoms. The van der Waals surface area contributed by atoms with Gasteiger partial charge in [0.15, 0.2) is 29.2 Å². The molecule has 1 aliphatic heterocycles. The van der Waals surface area contributed by atoms with E-state index >= 15 is 0 Å². The minimum atomic E-state index is -3.19. The summed E-state index contributed by atoms with van der Waals surface area (Å²) in [6, 6.07) is 0.866. The Kier molecular flexibility index (Phi) is 4.62. The molecule has 1 fully saturated rings. The van der Waals surface area contributed by atoms with E-state index in [4.69, 9.17) is 4.74 Å². The fraction of sp³-hybridized carbons (Fsp3) is 0.533. The maximum absolute atomic E-state index is 12.3. The summed E-state index contributed by atoms with van der Waals surface area (Å²) in [4.78, 5) is 61.8. The Labute approximate surface area is 145 Å². The highest BCUT2D eigenvalue weighted by molar-refractivity contribution is 6.05. The molecule has 4 N–H and O–H groups in total. The molecule has 0 saturated carbocycles. The number of aromatic amines is 1. The summed E-state index contributed by atoms with van der Waals surface area (Å²) in [6.07, 6.45) is -1.22. The van der Waals surface area contributed by atoms with Crippen LogP contribution in [0.2, 0.25) is 0 Å². The first-order valence-corrected chi connectivity index (χ1v) is 7.48. The summed E-state index contributed by atoms with van der Waals surface area (Å²) < 4.78 is 5.86. The Bertz CT molecular complexity index is 903. The quantitative estimate of drug-likeness (QED) is 0.421. The van der Waals surface area contributed by atoms with Crippen molar-refractivity contribution in [3.05, 3.63) is 33.1 Å². The van der Waals surface area contributed by atoms with Crippen LogP contribution in [-0.2, 0) is 19.1 Å². The third-order valence-electron chi connectivity index (χ3n) is 4.75. The zero-order chi connectivity index (χ0) is 20.1. The number of hydrogen-bond donors (Lipinski definition) is 4. The number of rotatable bonds is 5. The SMILES string of the molecule is CC(=O)[C@@]1(O)[C@](CO)(C(C)=O)O[C@@H](n2ccc(=O)[nH]c2=O)[C@@]1(O)C(C)=O. The van der Waals surface area contributed by atoms with E-state index < -0.39 is 58.2 Å². The van der Waals surface area contributed by atoms with Gasteiger partial charge in [-0.1, -0.05) is 0 Å². The first-order chi connectivity index (χ1) is 11.9. The second kappa shape index (κ2) is 6.06. The van der Waals surface area contributed by atoms with Gasteiger partial charge in [0.25, 0.3) is 5.56 Å². The van der Waals surface area contributed by atoms with E-state index in [2.05, 4.69) is 0 Å². The summed E-state index contributed by atoms with van der Waals surface area (Å²) in [5.41, 5.74) is -10.9. The Hall–Kier alpha value is -2.47. The minimum absolute atomic E-state index is 0.539. The second-order valence-corrected chi connectivity index (χ2v) is 6.12. The molecule has 0 aliphatic carbocycles. The van der Waals surface area contributed by atoms with Gasteiger partial charge in [-0.3, -0.25) is 28.7 Å². The molecule has 2 rings (SSSR count). The predicted octanol–water partition coefficient (Wildman–Crippen LogP) is -2.97. The van der Waals surface area contributed by atoms with E-state index in [0.29, 0.717) is 4.57 Å². The number of H-pyrrole nitrogens is 1. The molecule has 1 aliphatic rings. The molecular weight excluding hydrogens is 352 g/mol.